The molecule has 0 aliphatic carbocycles. The number of aliphatic hydroxyl groups is 2. The molecule has 13 nitrogen and oxygen atoms in total. The minimum absolute atomic E-state index is 0.157. The lowest BCUT2D eigenvalue weighted by molar-refractivity contribution is -0.384. The van der Waals surface area contributed by atoms with E-state index in [0.29, 0.717) is 10.7 Å². The highest BCUT2D eigenvalue weighted by molar-refractivity contribution is 8.00. The van der Waals surface area contributed by atoms with E-state index in [9.17, 15) is 24.9 Å². The fourth-order valence-electron chi connectivity index (χ4n) is 3.50. The van der Waals surface area contributed by atoms with Gasteiger partial charge in [-0.15, -0.1) is 11.8 Å². The van der Waals surface area contributed by atoms with Crippen molar-refractivity contribution in [3.8, 4) is 0 Å². The molecule has 37 heavy (non-hydrogen) atoms. The van der Waals surface area contributed by atoms with Crippen LogP contribution in [-0.2, 0) is 26.8 Å². The summed E-state index contributed by atoms with van der Waals surface area (Å²) in [7, 11) is -3.97. The number of amidine groups is 1. The number of nitrogens with two attached hydrogens (primary N) is 1. The Balaban J connectivity index is 1.42. The Labute approximate surface area is 220 Å². The van der Waals surface area contributed by atoms with Crippen LogP contribution in [0.1, 0.15) is 10.4 Å². The second-order valence-electron chi connectivity index (χ2n) is 7.98. The van der Waals surface area contributed by atoms with E-state index in [-0.39, 0.29) is 30.7 Å². The molecule has 16 heteroatoms. The van der Waals surface area contributed by atoms with Crippen LogP contribution in [0.2, 0.25) is 0 Å². The Morgan fingerprint density at radius 1 is 1.27 bits per heavy atom. The maximum absolute atomic E-state index is 13.6. The quantitative estimate of drug-likeness (QED) is 0.176. The number of nitrogens with zero attached hydrogens (tertiary/aromatic N) is 4. The number of hydrogen-bond donors (Lipinski definition) is 4. The van der Waals surface area contributed by atoms with Gasteiger partial charge < -0.3 is 31.0 Å². The molecule has 4 rings (SSSR count). The second kappa shape index (κ2) is 11.8. The van der Waals surface area contributed by atoms with Gasteiger partial charge in [0.2, 0.25) is 0 Å². The van der Waals surface area contributed by atoms with Gasteiger partial charge in [-0.2, -0.15) is 0 Å². The minimum Gasteiger partial charge on any atom is -0.389 e. The largest absolute Gasteiger partial charge is 0.423 e. The van der Waals surface area contributed by atoms with Crippen molar-refractivity contribution in [2.24, 2.45) is 10.7 Å². The van der Waals surface area contributed by atoms with Gasteiger partial charge in [0.25, 0.3) is 0 Å². The van der Waals surface area contributed by atoms with E-state index >= 15 is 0 Å². The monoisotopic (exact) mass is 568 g/mol. The first kappa shape index (κ1) is 27.4. The molecule has 2 aliphatic rings. The van der Waals surface area contributed by atoms with Crippen LogP contribution in [0.4, 0.5) is 5.13 Å². The zero-order chi connectivity index (χ0) is 26.6. The fraction of sp³-hybridized carbons (Fsp3) is 0.333. The van der Waals surface area contributed by atoms with Crippen LogP contribution in [0.25, 0.3) is 0 Å². The molecule has 198 valence electrons. The summed E-state index contributed by atoms with van der Waals surface area (Å²) >= 11 is 2.01. The second-order valence-corrected chi connectivity index (χ2v) is 12.3. The maximum atomic E-state index is 13.6. The number of benzene rings is 1. The third-order valence-electron chi connectivity index (χ3n) is 5.38. The molecule has 3 heterocycles. The van der Waals surface area contributed by atoms with Gasteiger partial charge >= 0.3 is 12.9 Å². The van der Waals surface area contributed by atoms with Gasteiger partial charge in [0.15, 0.2) is 6.20 Å². The Morgan fingerprint density at radius 2 is 2.03 bits per heavy atom. The first-order valence-corrected chi connectivity index (χ1v) is 14.2. The standard InChI is InChI=1S/C21H25N6O7PS2/c1-13-25-17(22)7-8-26(13)20-19(29)18(28)16(37-20)12-34-35(32,24-9-14-5-3-2-4-6-14)33-11-15-10-23-21(36-15)27(30)31/h2-8,10,16,18-20,28-29H,1,9,11-12H2,(H2,22,25)(H,24,32)/t16-,18-,19+,20-,35?/m1/s1. The molecule has 0 spiro atoms. The number of aromatic nitrogens is 1. The first-order chi connectivity index (χ1) is 17.6. The molecule has 0 radical (unpaired) electrons. The van der Waals surface area contributed by atoms with Crippen molar-refractivity contribution < 1.29 is 28.7 Å². The summed E-state index contributed by atoms with van der Waals surface area (Å²) in [6, 6.07) is 9.16. The average Bonchev–Trinajstić information content (AvgIpc) is 3.47. The summed E-state index contributed by atoms with van der Waals surface area (Å²) in [6.45, 7) is 3.52. The molecule has 1 aromatic heterocycles. The van der Waals surface area contributed by atoms with E-state index in [1.807, 2.05) is 30.3 Å². The van der Waals surface area contributed by atoms with Crippen LogP contribution in [0.3, 0.4) is 0 Å². The van der Waals surface area contributed by atoms with E-state index in [4.69, 9.17) is 14.8 Å². The number of thiazole rings is 1. The summed E-state index contributed by atoms with van der Waals surface area (Å²) in [4.78, 5) is 20.0. The summed E-state index contributed by atoms with van der Waals surface area (Å²) in [5, 5.41) is 33.4. The molecule has 5 N–H and O–H groups in total. The lowest BCUT2D eigenvalue weighted by Gasteiger charge is -2.30. The highest BCUT2D eigenvalue weighted by Crippen LogP contribution is 2.48. The molecular formula is C21H25N6O7PS2. The van der Waals surface area contributed by atoms with Crippen LogP contribution in [0.15, 0.2) is 66.2 Å². The van der Waals surface area contributed by atoms with Crippen LogP contribution in [0.5, 0.6) is 0 Å². The summed E-state index contributed by atoms with van der Waals surface area (Å²) in [5.41, 5.74) is 6.50. The van der Waals surface area contributed by atoms with Crippen molar-refractivity contribution in [3.05, 3.63) is 81.8 Å². The van der Waals surface area contributed by atoms with Crippen LogP contribution < -0.4 is 10.8 Å². The number of nitrogens with one attached hydrogen (secondary N) is 1. The van der Waals surface area contributed by atoms with Gasteiger partial charge in [-0.05, 0) is 32.9 Å². The Morgan fingerprint density at radius 3 is 2.70 bits per heavy atom. The van der Waals surface area contributed by atoms with Gasteiger partial charge in [0.05, 0.1) is 29.4 Å². The van der Waals surface area contributed by atoms with E-state index in [2.05, 4.69) is 21.6 Å². The Kier molecular flexibility index (Phi) is 8.77. The van der Waals surface area contributed by atoms with E-state index in [0.717, 1.165) is 16.9 Å². The van der Waals surface area contributed by atoms with Crippen LogP contribution in [0, 0.1) is 10.1 Å². The lowest BCUT2D eigenvalue weighted by atomic mass is 10.1. The number of rotatable bonds is 11. The van der Waals surface area contributed by atoms with Crippen molar-refractivity contribution in [1.82, 2.24) is 15.0 Å². The lowest BCUT2D eigenvalue weighted by Crippen LogP contribution is -2.41. The van der Waals surface area contributed by atoms with Crippen molar-refractivity contribution in [3.63, 3.8) is 0 Å². The van der Waals surface area contributed by atoms with E-state index in [1.165, 1.54) is 18.0 Å². The predicted octanol–water partition coefficient (Wildman–Crippen LogP) is 2.30. The minimum atomic E-state index is -3.97. The molecule has 0 amide bonds. The van der Waals surface area contributed by atoms with Gasteiger partial charge in [0, 0.05) is 12.7 Å². The predicted molar refractivity (Wildman–Crippen MR) is 139 cm³/mol. The number of thioether (sulfide) groups is 1. The SMILES string of the molecule is C=C1N=C(N)C=CN1[C@@H]1S[C@H](COP(=O)(NCc2ccccc2)OCc2cnc([N+](=O)[O-])s2)[C@@H](O)[C@@H]1O. The van der Waals surface area contributed by atoms with E-state index in [1.54, 1.807) is 17.2 Å². The third-order valence-corrected chi connectivity index (χ3v) is 9.35. The van der Waals surface area contributed by atoms with Gasteiger partial charge in [-0.25, -0.2) is 14.6 Å². The summed E-state index contributed by atoms with van der Waals surface area (Å²) in [5.74, 6) is 0.579. The molecule has 1 aromatic carbocycles. The molecule has 1 fully saturated rings. The number of hydrogen-bond acceptors (Lipinski definition) is 13. The van der Waals surface area contributed by atoms with Crippen molar-refractivity contribution >= 4 is 41.8 Å². The van der Waals surface area contributed by atoms with Gasteiger partial charge in [0.1, 0.15) is 23.1 Å². The first-order valence-electron chi connectivity index (χ1n) is 10.9. The number of nitro groups is 1. The topological polar surface area (TPSA) is 186 Å². The highest BCUT2D eigenvalue weighted by Gasteiger charge is 2.46. The Bertz CT molecular complexity index is 1240. The number of aliphatic imine (C=N–C) groups is 1. The van der Waals surface area contributed by atoms with Gasteiger partial charge in [-0.3, -0.25) is 9.05 Å². The molecule has 2 aliphatic heterocycles. The van der Waals surface area contributed by atoms with Crippen LogP contribution >= 0.6 is 30.8 Å². The molecule has 1 saturated heterocycles. The summed E-state index contributed by atoms with van der Waals surface area (Å²) in [6.07, 6.45) is 2.06. The molecular weight excluding hydrogens is 543 g/mol. The maximum Gasteiger partial charge on any atom is 0.423 e. The molecule has 5 atom stereocenters. The fourth-order valence-corrected chi connectivity index (χ4v) is 7.09. The van der Waals surface area contributed by atoms with Crippen molar-refractivity contribution in [2.45, 2.75) is 36.0 Å². The molecule has 1 unspecified atom stereocenters. The number of aliphatic hydroxyl groups excluding tert-OH is 2. The average molecular weight is 569 g/mol. The van der Waals surface area contributed by atoms with E-state index < -0.39 is 35.5 Å². The summed E-state index contributed by atoms with van der Waals surface area (Å²) < 4.78 is 24.8. The molecule has 0 saturated carbocycles. The van der Waals surface area contributed by atoms with Crippen LogP contribution in [-0.4, -0.2) is 60.3 Å². The zero-order valence-corrected chi connectivity index (χ0v) is 21.8. The molecule has 2 aromatic rings. The smallest absolute Gasteiger partial charge is 0.389 e. The van der Waals surface area contributed by atoms with Crippen molar-refractivity contribution in [1.29, 1.82) is 0 Å². The highest BCUT2D eigenvalue weighted by atomic mass is 32.2. The van der Waals surface area contributed by atoms with Crippen molar-refractivity contribution in [2.75, 3.05) is 6.61 Å². The van der Waals surface area contributed by atoms with Gasteiger partial charge in [-0.1, -0.05) is 36.9 Å². The Hall–Kier alpha value is -2.62. The zero-order valence-electron chi connectivity index (χ0n) is 19.3. The third kappa shape index (κ3) is 6.83. The molecule has 0 bridgehead atoms. The normalized spacial score (nSPS) is 25.2.